The van der Waals surface area contributed by atoms with Crippen molar-refractivity contribution in [2.24, 2.45) is 0 Å². The first-order valence-electron chi connectivity index (χ1n) is 6.55. The number of aromatic nitrogens is 2. The number of H-pyrrole nitrogens is 1. The van der Waals surface area contributed by atoms with Crippen LogP contribution in [-0.2, 0) is 11.2 Å². The van der Waals surface area contributed by atoms with Gasteiger partial charge < -0.3 is 20.4 Å². The Morgan fingerprint density at radius 3 is 3.14 bits per heavy atom. The first kappa shape index (κ1) is 13.2. The summed E-state index contributed by atoms with van der Waals surface area (Å²) in [5, 5.41) is 5.49. The number of rotatable bonds is 4. The van der Waals surface area contributed by atoms with Crippen LogP contribution in [0.3, 0.4) is 0 Å². The maximum Gasteiger partial charge on any atom is 0.262 e. The van der Waals surface area contributed by atoms with Crippen molar-refractivity contribution in [3.63, 3.8) is 0 Å². The van der Waals surface area contributed by atoms with Crippen LogP contribution >= 0.6 is 0 Å². The van der Waals surface area contributed by atoms with E-state index in [1.54, 1.807) is 30.6 Å². The van der Waals surface area contributed by atoms with Gasteiger partial charge >= 0.3 is 0 Å². The summed E-state index contributed by atoms with van der Waals surface area (Å²) in [6.07, 6.45) is 4.05. The van der Waals surface area contributed by atoms with E-state index in [1.165, 1.54) is 0 Å². The Morgan fingerprint density at radius 1 is 1.43 bits per heavy atom. The van der Waals surface area contributed by atoms with Gasteiger partial charge in [0.2, 0.25) is 0 Å². The normalized spacial score (nSPS) is 13.0. The van der Waals surface area contributed by atoms with E-state index in [0.29, 0.717) is 30.0 Å². The molecule has 2 heterocycles. The maximum atomic E-state index is 12.0. The van der Waals surface area contributed by atoms with Crippen molar-refractivity contribution in [2.75, 3.05) is 18.5 Å². The van der Waals surface area contributed by atoms with E-state index in [2.05, 4.69) is 20.6 Å². The van der Waals surface area contributed by atoms with Gasteiger partial charge in [-0.05, 0) is 18.2 Å². The van der Waals surface area contributed by atoms with E-state index < -0.39 is 0 Å². The number of hydrogen-bond acceptors (Lipinski definition) is 4. The Morgan fingerprint density at radius 2 is 2.33 bits per heavy atom. The van der Waals surface area contributed by atoms with Gasteiger partial charge in [-0.25, -0.2) is 4.98 Å². The molecule has 2 amide bonds. The van der Waals surface area contributed by atoms with E-state index in [-0.39, 0.29) is 18.4 Å². The number of carbonyl (C=O) groups is 2. The van der Waals surface area contributed by atoms with Gasteiger partial charge in [-0.15, -0.1) is 0 Å². The summed E-state index contributed by atoms with van der Waals surface area (Å²) in [5.74, 6) is 0.947. The lowest BCUT2D eigenvalue weighted by atomic mass is 10.1. The van der Waals surface area contributed by atoms with Gasteiger partial charge in [-0.3, -0.25) is 9.59 Å². The second kappa shape index (κ2) is 5.66. The maximum absolute atomic E-state index is 12.0. The summed E-state index contributed by atoms with van der Waals surface area (Å²) in [6, 6.07) is 4.93. The lowest BCUT2D eigenvalue weighted by molar-refractivity contribution is -0.118. The molecule has 0 spiro atoms. The summed E-state index contributed by atoms with van der Waals surface area (Å²) in [6.45, 7) is 0.456. The van der Waals surface area contributed by atoms with Crippen LogP contribution in [0.4, 0.5) is 5.69 Å². The summed E-state index contributed by atoms with van der Waals surface area (Å²) in [7, 11) is 0. The van der Waals surface area contributed by atoms with Crippen LogP contribution in [0.15, 0.2) is 30.6 Å². The first-order chi connectivity index (χ1) is 10.2. The number of imidazole rings is 1. The van der Waals surface area contributed by atoms with Gasteiger partial charge in [0.25, 0.3) is 11.8 Å². The fourth-order valence-electron chi connectivity index (χ4n) is 2.05. The van der Waals surface area contributed by atoms with Crippen molar-refractivity contribution < 1.29 is 14.3 Å². The van der Waals surface area contributed by atoms with Crippen molar-refractivity contribution in [1.82, 2.24) is 15.3 Å². The zero-order chi connectivity index (χ0) is 14.7. The van der Waals surface area contributed by atoms with E-state index >= 15 is 0 Å². The molecule has 1 aliphatic rings. The lowest BCUT2D eigenvalue weighted by Crippen LogP contribution is -2.28. The number of hydrogen-bond donors (Lipinski definition) is 3. The standard InChI is InChI=1S/C14H14N4O3/c19-13-8-21-11-7-9(1-2-10(11)18-13)14(20)17-4-3-12-15-5-6-16-12/h1-2,5-7H,3-4,8H2,(H,15,16)(H,17,20)(H,18,19). The molecule has 0 fully saturated rings. The van der Waals surface area contributed by atoms with Gasteiger partial charge in [-0.1, -0.05) is 0 Å². The van der Waals surface area contributed by atoms with Gasteiger partial charge in [0.1, 0.15) is 11.6 Å². The topological polar surface area (TPSA) is 96.1 Å². The number of amides is 2. The smallest absolute Gasteiger partial charge is 0.262 e. The predicted molar refractivity (Wildman–Crippen MR) is 75.2 cm³/mol. The highest BCUT2D eigenvalue weighted by atomic mass is 16.5. The molecule has 0 saturated heterocycles. The van der Waals surface area contributed by atoms with Crippen molar-refractivity contribution in [3.8, 4) is 5.75 Å². The third-order valence-corrected chi connectivity index (χ3v) is 3.08. The Kier molecular flexibility index (Phi) is 3.55. The van der Waals surface area contributed by atoms with Crippen LogP contribution in [0.5, 0.6) is 5.75 Å². The molecule has 1 aliphatic heterocycles. The molecule has 3 rings (SSSR count). The molecule has 108 valence electrons. The summed E-state index contributed by atoms with van der Waals surface area (Å²) in [5.41, 5.74) is 1.07. The predicted octanol–water partition coefficient (Wildman–Crippen LogP) is 0.713. The van der Waals surface area contributed by atoms with E-state index in [1.807, 2.05) is 0 Å². The number of aromatic amines is 1. The molecule has 7 nitrogen and oxygen atoms in total. The molecule has 0 atom stereocenters. The molecule has 0 saturated carbocycles. The quantitative estimate of drug-likeness (QED) is 0.771. The number of ether oxygens (including phenoxy) is 1. The van der Waals surface area contributed by atoms with Crippen molar-refractivity contribution in [3.05, 3.63) is 42.0 Å². The summed E-state index contributed by atoms with van der Waals surface area (Å²) >= 11 is 0. The molecule has 0 aliphatic carbocycles. The van der Waals surface area contributed by atoms with Gasteiger partial charge in [0.05, 0.1) is 5.69 Å². The third-order valence-electron chi connectivity index (χ3n) is 3.08. The number of nitrogens with zero attached hydrogens (tertiary/aromatic N) is 1. The minimum Gasteiger partial charge on any atom is -0.482 e. The van der Waals surface area contributed by atoms with E-state index in [4.69, 9.17) is 4.74 Å². The second-order valence-corrected chi connectivity index (χ2v) is 4.59. The monoisotopic (exact) mass is 286 g/mol. The van der Waals surface area contributed by atoms with Crippen LogP contribution in [0, 0.1) is 0 Å². The number of nitrogens with one attached hydrogen (secondary N) is 3. The van der Waals surface area contributed by atoms with Gasteiger partial charge in [-0.2, -0.15) is 0 Å². The van der Waals surface area contributed by atoms with Crippen LogP contribution < -0.4 is 15.4 Å². The SMILES string of the molecule is O=C1COc2cc(C(=O)NCCc3ncc[nH]3)ccc2N1. The molecule has 0 unspecified atom stereocenters. The Balaban J connectivity index is 1.61. The number of carbonyl (C=O) groups excluding carboxylic acids is 2. The Labute approximate surface area is 120 Å². The summed E-state index contributed by atoms with van der Waals surface area (Å²) < 4.78 is 5.28. The average molecular weight is 286 g/mol. The molecular weight excluding hydrogens is 272 g/mol. The fourth-order valence-corrected chi connectivity index (χ4v) is 2.05. The van der Waals surface area contributed by atoms with Crippen LogP contribution in [0.25, 0.3) is 0 Å². The Bertz CT molecular complexity index is 667. The minimum absolute atomic E-state index is 0.0312. The van der Waals surface area contributed by atoms with Crippen molar-refractivity contribution >= 4 is 17.5 Å². The highest BCUT2D eigenvalue weighted by Gasteiger charge is 2.17. The molecule has 21 heavy (non-hydrogen) atoms. The van der Waals surface area contributed by atoms with Crippen molar-refractivity contribution in [2.45, 2.75) is 6.42 Å². The first-order valence-corrected chi connectivity index (χ1v) is 6.55. The Hall–Kier alpha value is -2.83. The summed E-state index contributed by atoms with van der Waals surface area (Å²) in [4.78, 5) is 30.3. The highest BCUT2D eigenvalue weighted by molar-refractivity contribution is 5.98. The molecule has 7 heteroatoms. The van der Waals surface area contributed by atoms with Gasteiger partial charge in [0, 0.05) is 30.9 Å². The van der Waals surface area contributed by atoms with Crippen LogP contribution in [-0.4, -0.2) is 34.9 Å². The molecule has 1 aromatic carbocycles. The zero-order valence-corrected chi connectivity index (χ0v) is 11.2. The number of anilines is 1. The minimum atomic E-state index is -0.196. The molecule has 0 bridgehead atoms. The molecule has 1 aromatic heterocycles. The number of benzene rings is 1. The van der Waals surface area contributed by atoms with Crippen molar-refractivity contribution in [1.29, 1.82) is 0 Å². The average Bonchev–Trinajstić information content (AvgIpc) is 3.00. The van der Waals surface area contributed by atoms with E-state index in [9.17, 15) is 9.59 Å². The fraction of sp³-hybridized carbons (Fsp3) is 0.214. The molecule has 3 N–H and O–H groups in total. The largest absolute Gasteiger partial charge is 0.482 e. The molecular formula is C14H14N4O3. The third kappa shape index (κ3) is 3.02. The second-order valence-electron chi connectivity index (χ2n) is 4.59. The molecule has 2 aromatic rings. The lowest BCUT2D eigenvalue weighted by Gasteiger charge is -2.18. The van der Waals surface area contributed by atoms with Crippen LogP contribution in [0.1, 0.15) is 16.2 Å². The zero-order valence-electron chi connectivity index (χ0n) is 11.2. The highest BCUT2D eigenvalue weighted by Crippen LogP contribution is 2.28. The van der Waals surface area contributed by atoms with Crippen LogP contribution in [0.2, 0.25) is 0 Å². The number of fused-ring (bicyclic) bond motifs is 1. The van der Waals surface area contributed by atoms with E-state index in [0.717, 1.165) is 5.82 Å². The molecule has 0 radical (unpaired) electrons. The van der Waals surface area contributed by atoms with Gasteiger partial charge in [0.15, 0.2) is 6.61 Å².